The first-order valence-electron chi connectivity index (χ1n) is 9.70. The van der Waals surface area contributed by atoms with Crippen molar-refractivity contribution >= 4 is 22.6 Å². The Morgan fingerprint density at radius 3 is 2.80 bits per heavy atom. The number of aryl methyl sites for hydroxylation is 1. The lowest BCUT2D eigenvalue weighted by Gasteiger charge is -2.10. The first kappa shape index (κ1) is 19.6. The number of hydrogen-bond acceptors (Lipinski definition) is 6. The summed E-state index contributed by atoms with van der Waals surface area (Å²) in [7, 11) is 1.34. The third kappa shape index (κ3) is 4.49. The molecule has 0 spiro atoms. The number of fused-ring (bicyclic) bond motifs is 1. The Balaban J connectivity index is 1.39. The number of oxime groups is 1. The molecule has 30 heavy (non-hydrogen) atoms. The van der Waals surface area contributed by atoms with Gasteiger partial charge in [0.25, 0.3) is 0 Å². The fourth-order valence-electron chi connectivity index (χ4n) is 3.34. The predicted octanol–water partition coefficient (Wildman–Crippen LogP) is 4.34. The van der Waals surface area contributed by atoms with Crippen LogP contribution in [0.25, 0.3) is 10.9 Å². The quantitative estimate of drug-likeness (QED) is 0.453. The van der Waals surface area contributed by atoms with Crippen LogP contribution < -0.4 is 4.74 Å². The van der Waals surface area contributed by atoms with E-state index in [1.54, 1.807) is 6.08 Å². The third-order valence-corrected chi connectivity index (χ3v) is 4.85. The van der Waals surface area contributed by atoms with E-state index in [9.17, 15) is 4.79 Å². The second-order valence-corrected chi connectivity index (χ2v) is 7.02. The smallest absolute Gasteiger partial charge is 0.330 e. The van der Waals surface area contributed by atoms with Crippen molar-refractivity contribution in [2.24, 2.45) is 5.16 Å². The molecule has 6 heteroatoms. The lowest BCUT2D eigenvalue weighted by Crippen LogP contribution is -2.06. The largest absolute Gasteiger partial charge is 0.489 e. The van der Waals surface area contributed by atoms with E-state index in [0.717, 1.165) is 39.2 Å². The van der Waals surface area contributed by atoms with Gasteiger partial charge in [0.05, 0.1) is 18.3 Å². The number of para-hydroxylation sites is 1. The molecule has 152 valence electrons. The Morgan fingerprint density at radius 1 is 1.20 bits per heavy atom. The highest BCUT2D eigenvalue weighted by atomic mass is 16.6. The molecule has 0 aliphatic carbocycles. The van der Waals surface area contributed by atoms with E-state index in [1.807, 2.05) is 49.4 Å². The van der Waals surface area contributed by atoms with Crippen molar-refractivity contribution in [2.45, 2.75) is 26.1 Å². The van der Waals surface area contributed by atoms with Crippen molar-refractivity contribution in [3.05, 3.63) is 83.6 Å². The Bertz CT molecular complexity index is 1120. The van der Waals surface area contributed by atoms with E-state index >= 15 is 0 Å². The van der Waals surface area contributed by atoms with Crippen molar-refractivity contribution in [3.63, 3.8) is 0 Å². The number of nitrogens with zero attached hydrogens (tertiary/aromatic N) is 2. The summed E-state index contributed by atoms with van der Waals surface area (Å²) < 4.78 is 10.6. The summed E-state index contributed by atoms with van der Waals surface area (Å²) in [6.45, 7) is 2.45. The number of carbonyl (C=O) groups excluding carboxylic acids is 1. The topological polar surface area (TPSA) is 70.0 Å². The molecule has 0 amide bonds. The van der Waals surface area contributed by atoms with Gasteiger partial charge in [-0.1, -0.05) is 23.4 Å². The minimum atomic E-state index is -0.411. The zero-order valence-corrected chi connectivity index (χ0v) is 16.9. The number of pyridine rings is 1. The maximum absolute atomic E-state index is 11.2. The third-order valence-electron chi connectivity index (χ3n) is 4.85. The fourth-order valence-corrected chi connectivity index (χ4v) is 3.34. The second kappa shape index (κ2) is 8.78. The van der Waals surface area contributed by atoms with Gasteiger partial charge in [-0.15, -0.1) is 0 Å². The highest BCUT2D eigenvalue weighted by molar-refractivity contribution is 6.01. The minimum absolute atomic E-state index is 0.266. The van der Waals surface area contributed by atoms with Crippen LogP contribution in [0.2, 0.25) is 0 Å². The highest BCUT2D eigenvalue weighted by Gasteiger charge is 2.20. The normalized spacial score (nSPS) is 15.8. The van der Waals surface area contributed by atoms with Gasteiger partial charge in [-0.3, -0.25) is 4.98 Å². The van der Waals surface area contributed by atoms with Gasteiger partial charge in [0.2, 0.25) is 0 Å². The van der Waals surface area contributed by atoms with Crippen LogP contribution in [-0.2, 0) is 21.0 Å². The van der Waals surface area contributed by atoms with Crippen LogP contribution >= 0.6 is 0 Å². The number of benzene rings is 2. The summed E-state index contributed by atoms with van der Waals surface area (Å²) >= 11 is 0. The molecule has 0 fully saturated rings. The molecule has 1 aliphatic rings. The van der Waals surface area contributed by atoms with Crippen LogP contribution in [0.15, 0.2) is 71.9 Å². The standard InChI is InChI=1S/C24H22N2O4/c1-16-13-18(21-5-3-4-6-22(21)25-16)15-29-19-9-7-17(8-10-19)23-14-20(30-26-23)11-12-24(27)28-2/h3-13,20H,14-15H2,1-2H3. The first-order chi connectivity index (χ1) is 14.6. The fraction of sp³-hybridized carbons (Fsp3) is 0.208. The van der Waals surface area contributed by atoms with Crippen molar-refractivity contribution in [3.8, 4) is 5.75 Å². The average Bonchev–Trinajstić information content (AvgIpc) is 3.25. The van der Waals surface area contributed by atoms with Crippen LogP contribution in [0, 0.1) is 6.92 Å². The van der Waals surface area contributed by atoms with Crippen LogP contribution in [-0.4, -0.2) is 29.9 Å². The first-order valence-corrected chi connectivity index (χ1v) is 9.70. The second-order valence-electron chi connectivity index (χ2n) is 7.02. The number of aromatic nitrogens is 1. The van der Waals surface area contributed by atoms with Crippen LogP contribution in [0.5, 0.6) is 5.75 Å². The molecule has 3 aromatic rings. The summed E-state index contributed by atoms with van der Waals surface area (Å²) in [6.07, 6.45) is 3.33. The molecule has 0 saturated carbocycles. The molecule has 1 aromatic heterocycles. The molecule has 0 bridgehead atoms. The Hall–Kier alpha value is -3.67. The van der Waals surface area contributed by atoms with Crippen molar-refractivity contribution in [1.82, 2.24) is 4.98 Å². The maximum atomic E-state index is 11.2. The average molecular weight is 402 g/mol. The number of methoxy groups -OCH3 is 1. The molecule has 0 radical (unpaired) electrons. The van der Waals surface area contributed by atoms with Crippen molar-refractivity contribution in [1.29, 1.82) is 0 Å². The number of carbonyl (C=O) groups is 1. The summed E-state index contributed by atoms with van der Waals surface area (Å²) in [4.78, 5) is 21.1. The molecule has 1 atom stereocenters. The summed E-state index contributed by atoms with van der Waals surface area (Å²) in [5, 5.41) is 5.22. The zero-order valence-electron chi connectivity index (χ0n) is 16.9. The minimum Gasteiger partial charge on any atom is -0.489 e. The van der Waals surface area contributed by atoms with E-state index in [-0.39, 0.29) is 6.10 Å². The molecule has 1 unspecified atom stereocenters. The van der Waals surface area contributed by atoms with E-state index in [4.69, 9.17) is 9.57 Å². The van der Waals surface area contributed by atoms with E-state index in [1.165, 1.54) is 13.2 Å². The highest BCUT2D eigenvalue weighted by Crippen LogP contribution is 2.23. The van der Waals surface area contributed by atoms with Crippen LogP contribution in [0.4, 0.5) is 0 Å². The lowest BCUT2D eigenvalue weighted by molar-refractivity contribution is -0.134. The number of esters is 1. The summed E-state index contributed by atoms with van der Waals surface area (Å²) in [5.74, 6) is 0.365. The Labute approximate surface area is 174 Å². The summed E-state index contributed by atoms with van der Waals surface area (Å²) in [5.41, 5.74) is 4.84. The van der Waals surface area contributed by atoms with Gasteiger partial charge in [0.1, 0.15) is 12.4 Å². The van der Waals surface area contributed by atoms with Crippen molar-refractivity contribution < 1.29 is 19.1 Å². The van der Waals surface area contributed by atoms with Gasteiger partial charge < -0.3 is 14.3 Å². The Kier molecular flexibility index (Phi) is 5.75. The van der Waals surface area contributed by atoms with Crippen molar-refractivity contribution in [2.75, 3.05) is 7.11 Å². The van der Waals surface area contributed by atoms with Gasteiger partial charge >= 0.3 is 5.97 Å². The van der Waals surface area contributed by atoms with Gasteiger partial charge in [-0.05, 0) is 55.0 Å². The predicted molar refractivity (Wildman–Crippen MR) is 114 cm³/mol. The molecule has 2 heterocycles. The molecule has 1 aliphatic heterocycles. The molecule has 2 aromatic carbocycles. The monoisotopic (exact) mass is 402 g/mol. The van der Waals surface area contributed by atoms with Crippen LogP contribution in [0.1, 0.15) is 23.2 Å². The van der Waals surface area contributed by atoms with E-state index < -0.39 is 5.97 Å². The molecular formula is C24H22N2O4. The van der Waals surface area contributed by atoms with E-state index in [2.05, 4.69) is 27.0 Å². The lowest BCUT2D eigenvalue weighted by atomic mass is 10.0. The number of ether oxygens (including phenoxy) is 2. The number of rotatable bonds is 6. The van der Waals surface area contributed by atoms with Crippen LogP contribution in [0.3, 0.4) is 0 Å². The molecule has 0 saturated heterocycles. The number of hydrogen-bond donors (Lipinski definition) is 0. The SMILES string of the molecule is COC(=O)C=CC1CC(c2ccc(OCc3cc(C)nc4ccccc34)cc2)=NO1. The van der Waals surface area contributed by atoms with Gasteiger partial charge in [-0.2, -0.15) is 0 Å². The molecule has 0 N–H and O–H groups in total. The van der Waals surface area contributed by atoms with Gasteiger partial charge in [0, 0.05) is 29.1 Å². The molecule has 6 nitrogen and oxygen atoms in total. The molecular weight excluding hydrogens is 380 g/mol. The zero-order chi connectivity index (χ0) is 20.9. The maximum Gasteiger partial charge on any atom is 0.330 e. The molecule has 4 rings (SSSR count). The Morgan fingerprint density at radius 2 is 2.00 bits per heavy atom. The van der Waals surface area contributed by atoms with E-state index in [0.29, 0.717) is 13.0 Å². The van der Waals surface area contributed by atoms with Gasteiger partial charge in [-0.25, -0.2) is 4.79 Å². The summed E-state index contributed by atoms with van der Waals surface area (Å²) in [6, 6.07) is 17.9. The van der Waals surface area contributed by atoms with Gasteiger partial charge in [0.15, 0.2) is 6.10 Å².